The van der Waals surface area contributed by atoms with E-state index in [-0.39, 0.29) is 17.0 Å². The van der Waals surface area contributed by atoms with Gasteiger partial charge in [-0.05, 0) is 41.1 Å². The van der Waals surface area contributed by atoms with Gasteiger partial charge < -0.3 is 9.52 Å². The van der Waals surface area contributed by atoms with Crippen molar-refractivity contribution in [1.29, 1.82) is 0 Å². The number of carbonyl (C=O) groups excluding carboxylic acids is 1. The molecule has 154 valence electrons. The lowest BCUT2D eigenvalue weighted by Gasteiger charge is -2.05. The number of hydrogen-bond acceptors (Lipinski definition) is 6. The largest absolute Gasteiger partial charge is 0.507 e. The second-order valence-corrected chi connectivity index (χ2v) is 6.95. The molecular weight excluding hydrogens is 422 g/mol. The normalized spacial score (nSPS) is 11.1. The lowest BCUT2D eigenvalue weighted by atomic mass is 10.1. The van der Waals surface area contributed by atoms with Gasteiger partial charge >= 0.3 is 0 Å². The van der Waals surface area contributed by atoms with Gasteiger partial charge in [-0.25, -0.2) is 5.43 Å². The quantitative estimate of drug-likeness (QED) is 0.256. The number of aromatic hydroxyl groups is 1. The van der Waals surface area contributed by atoms with Crippen LogP contribution >= 0.6 is 11.6 Å². The van der Waals surface area contributed by atoms with Gasteiger partial charge in [-0.2, -0.15) is 5.10 Å². The number of rotatable bonds is 5. The van der Waals surface area contributed by atoms with Gasteiger partial charge in [-0.1, -0.05) is 35.9 Å². The number of benzene rings is 3. The number of nitrogens with one attached hydrogen (secondary N) is 1. The smallest absolute Gasteiger partial charge is 0.275 e. The van der Waals surface area contributed by atoms with Crippen LogP contribution in [0.1, 0.15) is 16.1 Å². The third kappa shape index (κ3) is 4.24. The molecule has 1 aromatic heterocycles. The van der Waals surface area contributed by atoms with Gasteiger partial charge in [0.05, 0.1) is 21.7 Å². The highest BCUT2D eigenvalue weighted by atomic mass is 35.5. The van der Waals surface area contributed by atoms with Crippen LogP contribution in [-0.4, -0.2) is 22.2 Å². The first-order chi connectivity index (χ1) is 14.9. The van der Waals surface area contributed by atoms with E-state index < -0.39 is 10.8 Å². The van der Waals surface area contributed by atoms with Crippen molar-refractivity contribution in [2.75, 3.05) is 0 Å². The Balaban J connectivity index is 1.50. The summed E-state index contributed by atoms with van der Waals surface area (Å²) in [4.78, 5) is 22.8. The molecule has 4 rings (SSSR count). The molecule has 0 aliphatic heterocycles. The van der Waals surface area contributed by atoms with E-state index in [9.17, 15) is 20.0 Å². The van der Waals surface area contributed by atoms with E-state index >= 15 is 0 Å². The Morgan fingerprint density at radius 2 is 1.84 bits per heavy atom. The van der Waals surface area contributed by atoms with E-state index in [1.807, 2.05) is 24.3 Å². The van der Waals surface area contributed by atoms with Crippen LogP contribution in [0.4, 0.5) is 5.69 Å². The van der Waals surface area contributed by atoms with Crippen LogP contribution in [0.3, 0.4) is 0 Å². The zero-order valence-corrected chi connectivity index (χ0v) is 16.5. The average molecular weight is 436 g/mol. The number of halogens is 1. The SMILES string of the molecule is O=C(NN=Cc1ccc(-c2cc([N+](=O)[O-])ccc2Cl)o1)c1cc2ccccc2cc1O. The van der Waals surface area contributed by atoms with E-state index in [0.29, 0.717) is 22.1 Å². The van der Waals surface area contributed by atoms with Gasteiger partial charge in [0.1, 0.15) is 17.3 Å². The number of fused-ring (bicyclic) bond motifs is 1. The van der Waals surface area contributed by atoms with Crippen LogP contribution in [0.15, 0.2) is 76.2 Å². The number of phenolic OH excluding ortho intramolecular Hbond substituents is 1. The zero-order chi connectivity index (χ0) is 22.0. The van der Waals surface area contributed by atoms with Gasteiger partial charge in [0.15, 0.2) is 0 Å². The Morgan fingerprint density at radius 1 is 1.10 bits per heavy atom. The lowest BCUT2D eigenvalue weighted by molar-refractivity contribution is -0.384. The molecular formula is C22H14ClN3O5. The molecule has 0 fully saturated rings. The number of nitrogens with zero attached hydrogens (tertiary/aromatic N) is 2. The number of amides is 1. The first-order valence-electron chi connectivity index (χ1n) is 9.01. The molecule has 1 heterocycles. The minimum Gasteiger partial charge on any atom is -0.507 e. The fourth-order valence-corrected chi connectivity index (χ4v) is 3.22. The maximum absolute atomic E-state index is 12.4. The molecule has 31 heavy (non-hydrogen) atoms. The van der Waals surface area contributed by atoms with Crippen molar-refractivity contribution in [2.45, 2.75) is 0 Å². The van der Waals surface area contributed by atoms with Gasteiger partial charge in [0.25, 0.3) is 11.6 Å². The molecule has 3 aromatic carbocycles. The van der Waals surface area contributed by atoms with E-state index in [1.165, 1.54) is 30.5 Å². The zero-order valence-electron chi connectivity index (χ0n) is 15.8. The summed E-state index contributed by atoms with van der Waals surface area (Å²) in [6.07, 6.45) is 1.27. The van der Waals surface area contributed by atoms with Crippen molar-refractivity contribution >= 4 is 40.2 Å². The Bertz CT molecular complexity index is 1350. The van der Waals surface area contributed by atoms with E-state index in [4.69, 9.17) is 16.0 Å². The lowest BCUT2D eigenvalue weighted by Crippen LogP contribution is -2.17. The summed E-state index contributed by atoms with van der Waals surface area (Å²) < 4.78 is 5.60. The predicted octanol–water partition coefficient (Wildman–Crippen LogP) is 5.13. The number of non-ortho nitro benzene ring substituents is 1. The van der Waals surface area contributed by atoms with Crippen molar-refractivity contribution in [2.24, 2.45) is 5.10 Å². The molecule has 0 bridgehead atoms. The minimum atomic E-state index is -0.590. The van der Waals surface area contributed by atoms with Crippen LogP contribution in [0.5, 0.6) is 5.75 Å². The van der Waals surface area contributed by atoms with Crippen LogP contribution in [0.2, 0.25) is 5.02 Å². The molecule has 1 amide bonds. The summed E-state index contributed by atoms with van der Waals surface area (Å²) >= 11 is 6.12. The molecule has 4 aromatic rings. The van der Waals surface area contributed by atoms with Crippen molar-refractivity contribution in [3.8, 4) is 17.1 Å². The Morgan fingerprint density at radius 3 is 2.58 bits per heavy atom. The molecule has 0 unspecified atom stereocenters. The molecule has 0 radical (unpaired) electrons. The summed E-state index contributed by atoms with van der Waals surface area (Å²) in [5, 5.41) is 26.8. The van der Waals surface area contributed by atoms with E-state index in [1.54, 1.807) is 18.2 Å². The Labute approximate surface area is 180 Å². The third-order valence-electron chi connectivity index (χ3n) is 4.52. The molecule has 8 nitrogen and oxygen atoms in total. The van der Waals surface area contributed by atoms with Gasteiger partial charge in [0, 0.05) is 17.7 Å². The molecule has 0 aliphatic rings. The fourth-order valence-electron chi connectivity index (χ4n) is 3.01. The summed E-state index contributed by atoms with van der Waals surface area (Å²) in [5.74, 6) is -0.144. The second-order valence-electron chi connectivity index (χ2n) is 6.54. The third-order valence-corrected chi connectivity index (χ3v) is 4.85. The highest BCUT2D eigenvalue weighted by Gasteiger charge is 2.15. The number of hydrogen-bond donors (Lipinski definition) is 2. The monoisotopic (exact) mass is 435 g/mol. The van der Waals surface area contributed by atoms with E-state index in [2.05, 4.69) is 10.5 Å². The topological polar surface area (TPSA) is 118 Å². The van der Waals surface area contributed by atoms with Crippen LogP contribution in [0.25, 0.3) is 22.1 Å². The summed E-state index contributed by atoms with van der Waals surface area (Å²) in [7, 11) is 0. The Kier molecular flexibility index (Phi) is 5.38. The maximum Gasteiger partial charge on any atom is 0.275 e. The standard InChI is InChI=1S/C22H14ClN3O5/c23-19-7-5-15(26(29)30)11-17(19)21-8-6-16(31-21)12-24-25-22(28)18-9-13-3-1-2-4-14(13)10-20(18)27/h1-12,27H,(H,25,28). The number of hydrazone groups is 1. The first-order valence-corrected chi connectivity index (χ1v) is 9.39. The molecule has 0 saturated carbocycles. The van der Waals surface area contributed by atoms with Crippen molar-refractivity contribution in [3.05, 3.63) is 93.2 Å². The van der Waals surface area contributed by atoms with Crippen molar-refractivity contribution in [3.63, 3.8) is 0 Å². The molecule has 2 N–H and O–H groups in total. The maximum atomic E-state index is 12.4. The molecule has 0 spiro atoms. The second kappa shape index (κ2) is 8.29. The van der Waals surface area contributed by atoms with Gasteiger partial charge in [-0.3, -0.25) is 14.9 Å². The molecule has 0 saturated heterocycles. The van der Waals surface area contributed by atoms with Crippen LogP contribution < -0.4 is 5.43 Å². The number of furan rings is 1. The van der Waals surface area contributed by atoms with E-state index in [0.717, 1.165) is 10.8 Å². The average Bonchev–Trinajstić information content (AvgIpc) is 3.22. The van der Waals surface area contributed by atoms with Gasteiger partial charge in [0.2, 0.25) is 0 Å². The number of nitro groups is 1. The summed E-state index contributed by atoms with van der Waals surface area (Å²) in [6.45, 7) is 0. The number of nitro benzene ring substituents is 1. The Hall–Kier alpha value is -4.17. The molecule has 9 heteroatoms. The van der Waals surface area contributed by atoms with Crippen molar-refractivity contribution in [1.82, 2.24) is 5.43 Å². The first kappa shape index (κ1) is 20.1. The fraction of sp³-hybridized carbons (Fsp3) is 0. The highest BCUT2D eigenvalue weighted by Crippen LogP contribution is 2.32. The van der Waals surface area contributed by atoms with Crippen LogP contribution in [-0.2, 0) is 0 Å². The van der Waals surface area contributed by atoms with Crippen LogP contribution in [0, 0.1) is 10.1 Å². The van der Waals surface area contributed by atoms with Crippen molar-refractivity contribution < 1.29 is 19.2 Å². The summed E-state index contributed by atoms with van der Waals surface area (Å²) in [5.41, 5.74) is 2.66. The molecule has 0 atom stereocenters. The van der Waals surface area contributed by atoms with Gasteiger partial charge in [-0.15, -0.1) is 0 Å². The minimum absolute atomic E-state index is 0.0827. The number of phenols is 1. The summed E-state index contributed by atoms with van der Waals surface area (Å²) in [6, 6.07) is 17.6. The molecule has 0 aliphatic carbocycles. The predicted molar refractivity (Wildman–Crippen MR) is 116 cm³/mol. The highest BCUT2D eigenvalue weighted by molar-refractivity contribution is 6.33. The number of carbonyl (C=O) groups is 1.